The molecule has 0 saturated carbocycles. The van der Waals surface area contributed by atoms with E-state index in [2.05, 4.69) is 5.43 Å². The zero-order valence-corrected chi connectivity index (χ0v) is 14.5. The van der Waals surface area contributed by atoms with E-state index in [1.54, 1.807) is 12.2 Å². The highest BCUT2D eigenvalue weighted by Crippen LogP contribution is 2.29. The van der Waals surface area contributed by atoms with E-state index in [-0.39, 0.29) is 11.8 Å². The molecule has 0 aliphatic carbocycles. The maximum absolute atomic E-state index is 12.3. The van der Waals surface area contributed by atoms with Crippen LogP contribution in [0.4, 0.5) is 0 Å². The number of nitrogens with one attached hydrogen (secondary N) is 1. The van der Waals surface area contributed by atoms with Gasteiger partial charge in [-0.3, -0.25) is 15.0 Å². The number of thioether (sulfide) groups is 1. The minimum absolute atomic E-state index is 0.191. The first-order chi connectivity index (χ1) is 11.1. The lowest BCUT2D eigenvalue weighted by Crippen LogP contribution is -2.44. The molecular weight excluding hydrogens is 328 g/mol. The van der Waals surface area contributed by atoms with Gasteiger partial charge in [-0.2, -0.15) is 5.01 Å². The van der Waals surface area contributed by atoms with Gasteiger partial charge in [0.2, 0.25) is 5.91 Å². The number of thiocarbonyl (C=S) groups is 1. The molecule has 2 rings (SSSR count). The van der Waals surface area contributed by atoms with Gasteiger partial charge in [0, 0.05) is 6.42 Å². The summed E-state index contributed by atoms with van der Waals surface area (Å²) in [6, 6.07) is 9.80. The Balaban J connectivity index is 1.99. The van der Waals surface area contributed by atoms with Crippen molar-refractivity contribution < 1.29 is 9.59 Å². The van der Waals surface area contributed by atoms with Crippen molar-refractivity contribution in [2.24, 2.45) is 0 Å². The summed E-state index contributed by atoms with van der Waals surface area (Å²) in [6.45, 7) is 2.01. The second-order valence-electron chi connectivity index (χ2n) is 4.95. The summed E-state index contributed by atoms with van der Waals surface area (Å²) >= 11 is 6.34. The molecule has 2 amide bonds. The summed E-state index contributed by atoms with van der Waals surface area (Å²) in [6.07, 6.45) is 7.53. The third-order valence-electron chi connectivity index (χ3n) is 3.12. The fourth-order valence-corrected chi connectivity index (χ4v) is 3.04. The van der Waals surface area contributed by atoms with E-state index in [0.29, 0.717) is 15.6 Å². The van der Waals surface area contributed by atoms with E-state index in [9.17, 15) is 9.59 Å². The van der Waals surface area contributed by atoms with Crippen LogP contribution in [0.1, 0.15) is 31.7 Å². The summed E-state index contributed by atoms with van der Waals surface area (Å²) in [4.78, 5) is 24.5. The maximum atomic E-state index is 12.3. The minimum Gasteiger partial charge on any atom is -0.273 e. The van der Waals surface area contributed by atoms with Crippen molar-refractivity contribution in [1.29, 1.82) is 0 Å². The van der Waals surface area contributed by atoms with Crippen molar-refractivity contribution in [3.05, 3.63) is 53.0 Å². The van der Waals surface area contributed by atoms with E-state index in [1.807, 2.05) is 43.3 Å². The lowest BCUT2D eigenvalue weighted by atomic mass is 10.2. The van der Waals surface area contributed by atoms with Crippen molar-refractivity contribution in [3.8, 4) is 0 Å². The molecular formula is C17H18N2O2S2. The molecule has 0 radical (unpaired) electrons. The van der Waals surface area contributed by atoms with Crippen LogP contribution in [0.15, 0.2) is 47.4 Å². The summed E-state index contributed by atoms with van der Waals surface area (Å²) in [5, 5.41) is 1.15. The normalized spacial score (nSPS) is 16.6. The van der Waals surface area contributed by atoms with Gasteiger partial charge in [0.15, 0.2) is 4.32 Å². The van der Waals surface area contributed by atoms with Crippen LogP contribution in [0, 0.1) is 0 Å². The number of rotatable bonds is 6. The second kappa shape index (κ2) is 8.64. The zero-order valence-electron chi connectivity index (χ0n) is 12.8. The van der Waals surface area contributed by atoms with Crippen LogP contribution in [-0.2, 0) is 9.59 Å². The fraction of sp³-hybridized carbons (Fsp3) is 0.235. The van der Waals surface area contributed by atoms with Gasteiger partial charge in [-0.1, -0.05) is 67.6 Å². The highest BCUT2D eigenvalue weighted by Gasteiger charge is 2.32. The van der Waals surface area contributed by atoms with E-state index >= 15 is 0 Å². The molecule has 1 aliphatic rings. The van der Waals surface area contributed by atoms with Gasteiger partial charge in [-0.25, -0.2) is 0 Å². The van der Waals surface area contributed by atoms with Crippen molar-refractivity contribution in [2.45, 2.75) is 26.2 Å². The Bertz CT molecular complexity index is 654. The van der Waals surface area contributed by atoms with Crippen molar-refractivity contribution in [1.82, 2.24) is 10.4 Å². The monoisotopic (exact) mass is 346 g/mol. The number of amides is 2. The molecule has 1 aromatic carbocycles. The average Bonchev–Trinajstić information content (AvgIpc) is 2.81. The lowest BCUT2D eigenvalue weighted by Gasteiger charge is -2.15. The Hall–Kier alpha value is -1.92. The molecule has 23 heavy (non-hydrogen) atoms. The van der Waals surface area contributed by atoms with Crippen LogP contribution in [0.25, 0.3) is 6.08 Å². The van der Waals surface area contributed by atoms with E-state index < -0.39 is 0 Å². The number of nitrogens with zero attached hydrogens (tertiary/aromatic N) is 1. The summed E-state index contributed by atoms with van der Waals surface area (Å²) < 4.78 is 0.346. The van der Waals surface area contributed by atoms with Crippen LogP contribution in [0.5, 0.6) is 0 Å². The summed E-state index contributed by atoms with van der Waals surface area (Å²) in [7, 11) is 0. The molecule has 0 aromatic heterocycles. The van der Waals surface area contributed by atoms with E-state index in [0.717, 1.165) is 23.4 Å². The molecule has 4 nitrogen and oxygen atoms in total. The van der Waals surface area contributed by atoms with Crippen LogP contribution in [0.3, 0.4) is 0 Å². The molecule has 1 N–H and O–H groups in total. The highest BCUT2D eigenvalue weighted by molar-refractivity contribution is 8.26. The standard InChI is InChI=1S/C17H18N2O2S2/c1-2-3-12-15(20)18-19-16(21)14(23-17(19)22)11-7-10-13-8-5-4-6-9-13/h4-11H,2-3,12H2,1H3,(H,18,20)/b10-7-,14-11+. The molecule has 1 heterocycles. The van der Waals surface area contributed by atoms with Crippen LogP contribution in [-0.4, -0.2) is 21.1 Å². The smallest absolute Gasteiger partial charge is 0.273 e. The van der Waals surface area contributed by atoms with Gasteiger partial charge < -0.3 is 0 Å². The number of hydrazine groups is 1. The topological polar surface area (TPSA) is 49.4 Å². The van der Waals surface area contributed by atoms with Gasteiger partial charge in [0.1, 0.15) is 0 Å². The molecule has 0 spiro atoms. The number of allylic oxidation sites excluding steroid dienone is 2. The molecule has 120 valence electrons. The van der Waals surface area contributed by atoms with Crippen molar-refractivity contribution in [2.75, 3.05) is 0 Å². The average molecular weight is 346 g/mol. The second-order valence-corrected chi connectivity index (χ2v) is 6.62. The molecule has 0 unspecified atom stereocenters. The maximum Gasteiger partial charge on any atom is 0.285 e. The molecule has 1 aliphatic heterocycles. The van der Waals surface area contributed by atoms with Crippen molar-refractivity contribution >= 4 is 46.2 Å². The number of hydrogen-bond acceptors (Lipinski definition) is 4. The van der Waals surface area contributed by atoms with Gasteiger partial charge in [-0.05, 0) is 30.3 Å². The van der Waals surface area contributed by atoms with Gasteiger partial charge in [-0.15, -0.1) is 0 Å². The molecule has 0 atom stereocenters. The Morgan fingerprint density at radius 1 is 1.35 bits per heavy atom. The Morgan fingerprint density at radius 3 is 2.78 bits per heavy atom. The zero-order chi connectivity index (χ0) is 16.7. The predicted octanol–water partition coefficient (Wildman–Crippen LogP) is 3.67. The van der Waals surface area contributed by atoms with Crippen LogP contribution in [0.2, 0.25) is 0 Å². The predicted molar refractivity (Wildman–Crippen MR) is 98.3 cm³/mol. The Kier molecular flexibility index (Phi) is 6.55. The van der Waals surface area contributed by atoms with Crippen LogP contribution >= 0.6 is 24.0 Å². The molecule has 6 heteroatoms. The molecule has 1 saturated heterocycles. The third kappa shape index (κ3) is 5.04. The Labute approximate surface area is 145 Å². The number of carbonyl (C=O) groups is 2. The molecule has 1 aromatic rings. The van der Waals surface area contributed by atoms with E-state index in [1.165, 1.54) is 11.8 Å². The number of hydrogen-bond donors (Lipinski definition) is 1. The number of carbonyl (C=O) groups excluding carboxylic acids is 2. The molecule has 0 bridgehead atoms. The lowest BCUT2D eigenvalue weighted by molar-refractivity contribution is -0.133. The van der Waals surface area contributed by atoms with Gasteiger partial charge in [0.05, 0.1) is 4.91 Å². The molecule has 1 fully saturated rings. The SMILES string of the molecule is CCCCC(=O)NN1C(=O)/C(=C\C=C/c2ccccc2)SC1=S. The highest BCUT2D eigenvalue weighted by atomic mass is 32.2. The van der Waals surface area contributed by atoms with Gasteiger partial charge >= 0.3 is 0 Å². The first-order valence-corrected chi connectivity index (χ1v) is 8.63. The largest absolute Gasteiger partial charge is 0.285 e. The van der Waals surface area contributed by atoms with Crippen molar-refractivity contribution in [3.63, 3.8) is 0 Å². The van der Waals surface area contributed by atoms with Crippen LogP contribution < -0.4 is 5.43 Å². The van der Waals surface area contributed by atoms with Gasteiger partial charge in [0.25, 0.3) is 5.91 Å². The number of unbranched alkanes of at least 4 members (excludes halogenated alkanes) is 1. The number of benzene rings is 1. The third-order valence-corrected chi connectivity index (χ3v) is 4.44. The van der Waals surface area contributed by atoms with E-state index in [4.69, 9.17) is 12.2 Å². The quantitative estimate of drug-likeness (QED) is 0.631. The first-order valence-electron chi connectivity index (χ1n) is 7.41. The Morgan fingerprint density at radius 2 is 2.09 bits per heavy atom. The summed E-state index contributed by atoms with van der Waals surface area (Å²) in [5.41, 5.74) is 3.62. The first kappa shape index (κ1) is 17.4. The summed E-state index contributed by atoms with van der Waals surface area (Å²) in [5.74, 6) is -0.480. The fourth-order valence-electron chi connectivity index (χ4n) is 1.91. The minimum atomic E-state index is -0.289.